The number of ether oxygens (including phenoxy) is 6. The first-order valence-corrected chi connectivity index (χ1v) is 17.5. The first kappa shape index (κ1) is 37.8. The van der Waals surface area contributed by atoms with Crippen molar-refractivity contribution >= 4 is 51.0 Å². The molecule has 16 heteroatoms. The minimum absolute atomic E-state index is 0.0223. The maximum atomic E-state index is 14.2. The molecule has 0 saturated heterocycles. The van der Waals surface area contributed by atoms with E-state index in [1.54, 1.807) is 69.3 Å². The van der Waals surface area contributed by atoms with Crippen LogP contribution in [0.2, 0.25) is 0 Å². The number of hydrogen-bond donors (Lipinski definition) is 0. The molecule has 1 aliphatic rings. The molecule has 0 bridgehead atoms. The van der Waals surface area contributed by atoms with Crippen LogP contribution in [0.15, 0.2) is 80.1 Å². The number of benzene rings is 3. The number of esters is 2. The largest absolute Gasteiger partial charge is 0.493 e. The number of thiazole rings is 1. The summed E-state index contributed by atoms with van der Waals surface area (Å²) in [4.78, 5) is 54.9. The van der Waals surface area contributed by atoms with Crippen LogP contribution in [0.3, 0.4) is 0 Å². The van der Waals surface area contributed by atoms with Crippen molar-refractivity contribution in [2.45, 2.75) is 33.4 Å². The second-order valence-electron chi connectivity index (χ2n) is 11.1. The van der Waals surface area contributed by atoms with Crippen LogP contribution in [-0.4, -0.2) is 55.5 Å². The van der Waals surface area contributed by atoms with Gasteiger partial charge in [0.1, 0.15) is 6.61 Å². The van der Waals surface area contributed by atoms with Crippen molar-refractivity contribution < 1.29 is 42.9 Å². The van der Waals surface area contributed by atoms with Gasteiger partial charge in [-0.3, -0.25) is 19.5 Å². The first-order chi connectivity index (χ1) is 25.0. The zero-order valence-corrected chi connectivity index (χ0v) is 31.2. The van der Waals surface area contributed by atoms with E-state index < -0.39 is 28.5 Å². The number of non-ortho nitro benzene ring substituents is 1. The molecule has 14 nitrogen and oxygen atoms in total. The molecule has 0 N–H and O–H groups in total. The molecule has 0 aliphatic carbocycles. The van der Waals surface area contributed by atoms with Crippen molar-refractivity contribution in [1.29, 1.82) is 0 Å². The number of carbonyl (C=O) groups is 2. The van der Waals surface area contributed by atoms with E-state index in [1.807, 2.05) is 0 Å². The minimum atomic E-state index is -0.928. The van der Waals surface area contributed by atoms with Gasteiger partial charge in [0, 0.05) is 12.1 Å². The van der Waals surface area contributed by atoms with Gasteiger partial charge in [0.25, 0.3) is 11.2 Å². The molecule has 2 heterocycles. The van der Waals surface area contributed by atoms with E-state index in [1.165, 1.54) is 30.9 Å². The van der Waals surface area contributed by atoms with Gasteiger partial charge in [-0.05, 0) is 95.9 Å². The summed E-state index contributed by atoms with van der Waals surface area (Å²) in [6.45, 7) is 5.34. The number of nitrogens with zero attached hydrogens (tertiary/aromatic N) is 3. The number of aromatic nitrogens is 1. The average molecular weight is 797 g/mol. The van der Waals surface area contributed by atoms with Gasteiger partial charge in [-0.15, -0.1) is 0 Å². The van der Waals surface area contributed by atoms with E-state index in [4.69, 9.17) is 23.7 Å². The molecule has 4 aromatic rings. The summed E-state index contributed by atoms with van der Waals surface area (Å²) in [5.41, 5.74) is 2.00. The number of carbonyl (C=O) groups excluding carboxylic acids is 2. The normalized spacial score (nSPS) is 13.9. The molecule has 0 spiro atoms. The van der Waals surface area contributed by atoms with Gasteiger partial charge in [0.05, 0.1) is 58.7 Å². The van der Waals surface area contributed by atoms with Crippen molar-refractivity contribution in [2.75, 3.05) is 34.0 Å². The van der Waals surface area contributed by atoms with E-state index in [2.05, 4.69) is 25.7 Å². The number of methoxy groups -OCH3 is 2. The molecule has 1 aliphatic heterocycles. The average Bonchev–Trinajstić information content (AvgIpc) is 3.43. The van der Waals surface area contributed by atoms with Crippen LogP contribution in [0.4, 0.5) is 5.69 Å². The fourth-order valence-corrected chi connectivity index (χ4v) is 6.99. The maximum absolute atomic E-state index is 14.2. The Bertz CT molecular complexity index is 2230. The number of nitro groups is 1. The van der Waals surface area contributed by atoms with Gasteiger partial charge in [-0.25, -0.2) is 14.6 Å². The molecular weight excluding hydrogens is 762 g/mol. The van der Waals surface area contributed by atoms with E-state index in [0.717, 1.165) is 11.3 Å². The third-order valence-corrected chi connectivity index (χ3v) is 9.33. The number of halogens is 1. The Balaban J connectivity index is 1.56. The topological polar surface area (TPSA) is 167 Å². The van der Waals surface area contributed by atoms with Crippen LogP contribution in [0, 0.1) is 10.1 Å². The van der Waals surface area contributed by atoms with Gasteiger partial charge in [0.2, 0.25) is 0 Å². The van der Waals surface area contributed by atoms with E-state index in [9.17, 15) is 24.5 Å². The summed E-state index contributed by atoms with van der Waals surface area (Å²) in [5.74, 6) is 0.170. The lowest BCUT2D eigenvalue weighted by molar-refractivity contribution is -0.384. The summed E-state index contributed by atoms with van der Waals surface area (Å²) in [5, 5.41) is 11.0. The van der Waals surface area contributed by atoms with Crippen molar-refractivity contribution in [2.24, 2.45) is 4.99 Å². The Morgan fingerprint density at radius 3 is 2.40 bits per heavy atom. The van der Waals surface area contributed by atoms with E-state index >= 15 is 0 Å². The molecule has 5 rings (SSSR count). The molecule has 0 radical (unpaired) electrons. The molecule has 0 saturated carbocycles. The summed E-state index contributed by atoms with van der Waals surface area (Å²) in [7, 11) is 2.74. The van der Waals surface area contributed by atoms with Crippen molar-refractivity contribution in [3.05, 3.63) is 117 Å². The van der Waals surface area contributed by atoms with Crippen LogP contribution < -0.4 is 33.8 Å². The third kappa shape index (κ3) is 8.18. The number of hydrogen-bond acceptors (Lipinski definition) is 13. The number of fused-ring (bicyclic) bond motifs is 1. The summed E-state index contributed by atoms with van der Waals surface area (Å²) < 4.78 is 35.5. The van der Waals surface area contributed by atoms with E-state index in [0.29, 0.717) is 53.4 Å². The molecule has 1 atom stereocenters. The third-order valence-electron chi connectivity index (χ3n) is 7.75. The first-order valence-electron chi connectivity index (χ1n) is 15.9. The molecule has 0 unspecified atom stereocenters. The highest BCUT2D eigenvalue weighted by Crippen LogP contribution is 2.38. The lowest BCUT2D eigenvalue weighted by atomic mass is 9.95. The highest BCUT2D eigenvalue weighted by Gasteiger charge is 2.34. The lowest BCUT2D eigenvalue weighted by Crippen LogP contribution is -2.40. The predicted molar refractivity (Wildman–Crippen MR) is 194 cm³/mol. The predicted octanol–water partition coefficient (Wildman–Crippen LogP) is 5.01. The Morgan fingerprint density at radius 1 is 1.00 bits per heavy atom. The van der Waals surface area contributed by atoms with Crippen LogP contribution in [0.1, 0.15) is 43.5 Å². The zero-order valence-electron chi connectivity index (χ0n) is 28.8. The van der Waals surface area contributed by atoms with Crippen LogP contribution in [0.5, 0.6) is 23.0 Å². The zero-order chi connectivity index (χ0) is 37.5. The molecule has 1 aromatic heterocycles. The van der Waals surface area contributed by atoms with Gasteiger partial charge in [-0.1, -0.05) is 17.4 Å². The molecule has 52 heavy (non-hydrogen) atoms. The monoisotopic (exact) mass is 795 g/mol. The van der Waals surface area contributed by atoms with Crippen LogP contribution in [-0.2, 0) is 25.7 Å². The van der Waals surface area contributed by atoms with E-state index in [-0.39, 0.29) is 43.4 Å². The smallest absolute Gasteiger partial charge is 0.343 e. The van der Waals surface area contributed by atoms with Crippen LogP contribution >= 0.6 is 27.3 Å². The molecule has 3 aromatic carbocycles. The van der Waals surface area contributed by atoms with Gasteiger partial charge < -0.3 is 28.4 Å². The molecule has 272 valence electrons. The Morgan fingerprint density at radius 2 is 1.75 bits per heavy atom. The summed E-state index contributed by atoms with van der Waals surface area (Å²) >= 11 is 4.70. The van der Waals surface area contributed by atoms with Crippen LogP contribution in [0.25, 0.3) is 6.08 Å². The summed E-state index contributed by atoms with van der Waals surface area (Å²) in [6, 6.07) is 13.5. The van der Waals surface area contributed by atoms with Crippen molar-refractivity contribution in [3.63, 3.8) is 0 Å². The molecule has 0 amide bonds. The quantitative estimate of drug-likeness (QED) is 0.0957. The van der Waals surface area contributed by atoms with Gasteiger partial charge >= 0.3 is 11.9 Å². The second-order valence-corrected chi connectivity index (χ2v) is 12.9. The van der Waals surface area contributed by atoms with Gasteiger partial charge in [-0.2, -0.15) is 0 Å². The minimum Gasteiger partial charge on any atom is -0.493 e. The Kier molecular flexibility index (Phi) is 12.1. The maximum Gasteiger partial charge on any atom is 0.343 e. The SMILES string of the molecule is CCOC(=O)C1=C(C)N=c2s/c(=C\c3cc(Br)c(OCc4ccc([N+](=O)[O-])cc4)c(OC)c3)c(=O)n2[C@@H]1c1ccc(OCC(=O)OC)c(OCC)c1. The van der Waals surface area contributed by atoms with Gasteiger partial charge in [0.15, 0.2) is 34.4 Å². The fourth-order valence-electron chi connectivity index (χ4n) is 5.37. The highest BCUT2D eigenvalue weighted by atomic mass is 79.9. The number of rotatable bonds is 14. The second kappa shape index (κ2) is 16.7. The lowest BCUT2D eigenvalue weighted by Gasteiger charge is -2.25. The number of allylic oxidation sites excluding steroid dienone is 1. The highest BCUT2D eigenvalue weighted by molar-refractivity contribution is 9.10. The van der Waals surface area contributed by atoms with Crippen molar-refractivity contribution in [3.8, 4) is 23.0 Å². The fraction of sp³-hybridized carbons (Fsp3) is 0.278. The van der Waals surface area contributed by atoms with Crippen molar-refractivity contribution in [1.82, 2.24) is 4.57 Å². The molecule has 0 fully saturated rings. The number of nitro benzene ring substituents is 1. The standard InChI is InChI=1S/C36H34BrN3O11S/c1-6-48-27-17-23(10-13-26(27)50-19-30(41)47-5)32-31(35(43)49-7-2)20(3)38-36-39(32)34(42)29(52-36)16-22-14-25(37)33(28(15-22)46-4)51-18-21-8-11-24(12-9-21)40(44)45/h8-17,32H,6-7,18-19H2,1-5H3/b29-16-/t32-/m1/s1. The summed E-state index contributed by atoms with van der Waals surface area (Å²) in [6.07, 6.45) is 1.69. The Hall–Kier alpha value is -5.48. The Labute approximate surface area is 309 Å². The molecular formula is C36H34BrN3O11S.